The van der Waals surface area contributed by atoms with Crippen LogP contribution in [0.2, 0.25) is 0 Å². The van der Waals surface area contributed by atoms with E-state index in [-0.39, 0.29) is 0 Å². The summed E-state index contributed by atoms with van der Waals surface area (Å²) in [6, 6.07) is 1.80. The van der Waals surface area contributed by atoms with Crippen LogP contribution in [-0.4, -0.2) is 35.8 Å². The number of nitrogens with one attached hydrogen (secondary N) is 1. The molecule has 2 aliphatic rings. The molecule has 1 atom stereocenters. The number of carboxylic acids is 1. The van der Waals surface area contributed by atoms with E-state index in [1.165, 1.54) is 0 Å². The highest BCUT2D eigenvalue weighted by molar-refractivity contribution is 5.93. The minimum atomic E-state index is -0.906. The molecular formula is C15H20N2O3. The first-order chi connectivity index (χ1) is 9.74. The second kappa shape index (κ2) is 5.79. The summed E-state index contributed by atoms with van der Waals surface area (Å²) in [7, 11) is 0. The van der Waals surface area contributed by atoms with Gasteiger partial charge < -0.3 is 15.2 Å². The van der Waals surface area contributed by atoms with Crippen LogP contribution < -0.4 is 5.32 Å². The van der Waals surface area contributed by atoms with Crippen molar-refractivity contribution in [2.75, 3.05) is 25.1 Å². The number of nitrogens with zero attached hydrogens (tertiary/aromatic N) is 1. The monoisotopic (exact) mass is 276 g/mol. The van der Waals surface area contributed by atoms with Gasteiger partial charge in [0.15, 0.2) is 0 Å². The quantitative estimate of drug-likeness (QED) is 0.881. The maximum atomic E-state index is 11.4. The summed E-state index contributed by atoms with van der Waals surface area (Å²) in [6.45, 7) is 2.28. The molecule has 1 saturated heterocycles. The molecule has 2 N–H and O–H groups in total. The maximum absolute atomic E-state index is 11.4. The van der Waals surface area contributed by atoms with Crippen LogP contribution in [0.15, 0.2) is 6.07 Å². The van der Waals surface area contributed by atoms with Crippen LogP contribution in [0, 0.1) is 5.92 Å². The van der Waals surface area contributed by atoms with Crippen LogP contribution in [0.5, 0.6) is 0 Å². The van der Waals surface area contributed by atoms with E-state index in [2.05, 4.69) is 10.3 Å². The van der Waals surface area contributed by atoms with Gasteiger partial charge in [-0.2, -0.15) is 0 Å². The fraction of sp³-hybridized carbons (Fsp3) is 0.600. The smallest absolute Gasteiger partial charge is 0.339 e. The molecule has 0 bridgehead atoms. The van der Waals surface area contributed by atoms with Crippen molar-refractivity contribution >= 4 is 11.8 Å². The number of aromatic nitrogens is 1. The number of pyridine rings is 1. The minimum Gasteiger partial charge on any atom is -0.478 e. The summed E-state index contributed by atoms with van der Waals surface area (Å²) >= 11 is 0. The van der Waals surface area contributed by atoms with Crippen molar-refractivity contribution in [2.24, 2.45) is 5.92 Å². The summed E-state index contributed by atoms with van der Waals surface area (Å²) in [6.07, 6.45) is 5.19. The Labute approximate surface area is 118 Å². The van der Waals surface area contributed by atoms with E-state index in [9.17, 15) is 9.90 Å². The molecule has 5 heteroatoms. The number of carboxylic acid groups (broad SMARTS) is 1. The van der Waals surface area contributed by atoms with E-state index in [1.807, 2.05) is 0 Å². The average molecular weight is 276 g/mol. The summed E-state index contributed by atoms with van der Waals surface area (Å²) in [4.78, 5) is 16.0. The zero-order valence-electron chi connectivity index (χ0n) is 11.5. The first kappa shape index (κ1) is 13.4. The third kappa shape index (κ3) is 2.77. The fourth-order valence-corrected chi connectivity index (χ4v) is 2.92. The van der Waals surface area contributed by atoms with E-state index < -0.39 is 5.97 Å². The Morgan fingerprint density at radius 2 is 2.30 bits per heavy atom. The molecule has 1 aromatic heterocycles. The molecule has 5 nitrogen and oxygen atoms in total. The number of fused-ring (bicyclic) bond motifs is 1. The maximum Gasteiger partial charge on any atom is 0.339 e. The van der Waals surface area contributed by atoms with Crippen LogP contribution in [0.25, 0.3) is 0 Å². The second-order valence-corrected chi connectivity index (χ2v) is 5.61. The fourth-order valence-electron chi connectivity index (χ4n) is 2.92. The molecule has 0 amide bonds. The van der Waals surface area contributed by atoms with E-state index in [1.54, 1.807) is 6.07 Å². The number of ether oxygens (including phenoxy) is 1. The SMILES string of the molecule is O=C(O)c1cc2c(nc1NCC1CCOC1)CCCC2. The number of aromatic carboxylic acids is 1. The predicted octanol–water partition coefficient (Wildman–Crippen LogP) is 2.11. The summed E-state index contributed by atoms with van der Waals surface area (Å²) < 4.78 is 5.34. The highest BCUT2D eigenvalue weighted by atomic mass is 16.5. The first-order valence-electron chi connectivity index (χ1n) is 7.32. The third-order valence-electron chi connectivity index (χ3n) is 4.11. The Morgan fingerprint density at radius 3 is 3.05 bits per heavy atom. The zero-order valence-corrected chi connectivity index (χ0v) is 11.5. The lowest BCUT2D eigenvalue weighted by Crippen LogP contribution is -2.19. The van der Waals surface area contributed by atoms with Gasteiger partial charge in [0.1, 0.15) is 11.4 Å². The number of anilines is 1. The van der Waals surface area contributed by atoms with Crippen LogP contribution in [-0.2, 0) is 17.6 Å². The molecule has 3 rings (SSSR count). The molecule has 20 heavy (non-hydrogen) atoms. The van der Waals surface area contributed by atoms with Gasteiger partial charge in [-0.15, -0.1) is 0 Å². The van der Waals surface area contributed by atoms with Crippen molar-refractivity contribution in [3.8, 4) is 0 Å². The van der Waals surface area contributed by atoms with E-state index in [4.69, 9.17) is 4.74 Å². The average Bonchev–Trinajstić information content (AvgIpc) is 2.97. The molecule has 1 aromatic rings. The van der Waals surface area contributed by atoms with Gasteiger partial charge >= 0.3 is 5.97 Å². The van der Waals surface area contributed by atoms with Crippen LogP contribution in [0.3, 0.4) is 0 Å². The van der Waals surface area contributed by atoms with Crippen molar-refractivity contribution in [3.63, 3.8) is 0 Å². The summed E-state index contributed by atoms with van der Waals surface area (Å²) in [5.41, 5.74) is 2.46. The molecule has 0 radical (unpaired) electrons. The topological polar surface area (TPSA) is 71.5 Å². The van der Waals surface area contributed by atoms with Gasteiger partial charge in [-0.1, -0.05) is 0 Å². The molecule has 1 unspecified atom stereocenters. The molecule has 1 aliphatic heterocycles. The highest BCUT2D eigenvalue weighted by Gasteiger charge is 2.21. The Hall–Kier alpha value is -1.62. The molecule has 1 fully saturated rings. The van der Waals surface area contributed by atoms with Crippen LogP contribution in [0.4, 0.5) is 5.82 Å². The van der Waals surface area contributed by atoms with E-state index >= 15 is 0 Å². The number of aryl methyl sites for hydroxylation is 2. The van der Waals surface area contributed by atoms with Crippen LogP contribution in [0.1, 0.15) is 40.9 Å². The molecule has 108 valence electrons. The Bertz CT molecular complexity index is 510. The Morgan fingerprint density at radius 1 is 1.45 bits per heavy atom. The highest BCUT2D eigenvalue weighted by Crippen LogP contribution is 2.25. The summed E-state index contributed by atoms with van der Waals surface area (Å²) in [5, 5.41) is 12.6. The summed E-state index contributed by atoms with van der Waals surface area (Å²) in [5.74, 6) is 0.0653. The van der Waals surface area contributed by atoms with Crippen molar-refractivity contribution in [1.82, 2.24) is 4.98 Å². The number of hydrogen-bond acceptors (Lipinski definition) is 4. The normalized spacial score (nSPS) is 21.5. The van der Waals surface area contributed by atoms with Gasteiger partial charge in [0.2, 0.25) is 0 Å². The lowest BCUT2D eigenvalue weighted by molar-refractivity contribution is 0.0697. The number of carbonyl (C=O) groups is 1. The molecule has 0 saturated carbocycles. The van der Waals surface area contributed by atoms with Gasteiger partial charge in [0.05, 0.1) is 6.61 Å². The lowest BCUT2D eigenvalue weighted by atomic mass is 9.94. The van der Waals surface area contributed by atoms with Gasteiger partial charge in [-0.25, -0.2) is 9.78 Å². The van der Waals surface area contributed by atoms with Crippen molar-refractivity contribution in [1.29, 1.82) is 0 Å². The van der Waals surface area contributed by atoms with E-state index in [0.717, 1.165) is 63.1 Å². The zero-order chi connectivity index (χ0) is 13.9. The van der Waals surface area contributed by atoms with Gasteiger partial charge in [0, 0.05) is 24.8 Å². The minimum absolute atomic E-state index is 0.296. The number of rotatable bonds is 4. The molecule has 0 aromatic carbocycles. The van der Waals surface area contributed by atoms with Gasteiger partial charge in [0.25, 0.3) is 0 Å². The molecule has 1 aliphatic carbocycles. The van der Waals surface area contributed by atoms with Crippen molar-refractivity contribution < 1.29 is 14.6 Å². The molecule has 0 spiro atoms. The standard InChI is InChI=1S/C15H20N2O3/c18-15(19)12-7-11-3-1-2-4-13(11)17-14(12)16-8-10-5-6-20-9-10/h7,10H,1-6,8-9H2,(H,16,17)(H,18,19). The number of hydrogen-bond donors (Lipinski definition) is 2. The first-order valence-corrected chi connectivity index (χ1v) is 7.32. The predicted molar refractivity (Wildman–Crippen MR) is 75.3 cm³/mol. The molecule has 2 heterocycles. The van der Waals surface area contributed by atoms with Gasteiger partial charge in [-0.3, -0.25) is 0 Å². The molecular weight excluding hydrogens is 256 g/mol. The largest absolute Gasteiger partial charge is 0.478 e. The van der Waals surface area contributed by atoms with Crippen molar-refractivity contribution in [3.05, 3.63) is 22.9 Å². The second-order valence-electron chi connectivity index (χ2n) is 5.61. The van der Waals surface area contributed by atoms with Crippen molar-refractivity contribution in [2.45, 2.75) is 32.1 Å². The van der Waals surface area contributed by atoms with E-state index in [0.29, 0.717) is 17.3 Å². The Balaban J connectivity index is 1.81. The lowest BCUT2D eigenvalue weighted by Gasteiger charge is -2.19. The Kier molecular flexibility index (Phi) is 3.87. The van der Waals surface area contributed by atoms with Gasteiger partial charge in [-0.05, 0) is 43.7 Å². The third-order valence-corrected chi connectivity index (χ3v) is 4.11. The van der Waals surface area contributed by atoms with Crippen LogP contribution >= 0.6 is 0 Å².